The zero-order chi connectivity index (χ0) is 8.55. The van der Waals surface area contributed by atoms with E-state index in [1.54, 1.807) is 0 Å². The fraction of sp³-hybridized carbons (Fsp3) is 1.00. The molecule has 3 aliphatic rings. The van der Waals surface area contributed by atoms with Gasteiger partial charge in [-0.25, -0.2) is 0 Å². The van der Waals surface area contributed by atoms with E-state index in [1.165, 1.54) is 38.9 Å². The Hall–Kier alpha value is -0.0400. The van der Waals surface area contributed by atoms with Gasteiger partial charge in [-0.2, -0.15) is 0 Å². The molecule has 1 nitrogen and oxygen atoms in total. The highest BCUT2D eigenvalue weighted by Gasteiger charge is 2.36. The van der Waals surface area contributed by atoms with Crippen LogP contribution in [0.15, 0.2) is 0 Å². The van der Waals surface area contributed by atoms with Crippen LogP contribution in [0.2, 0.25) is 0 Å². The highest BCUT2D eigenvalue weighted by molar-refractivity contribution is 4.89. The Balaban J connectivity index is 1.75. The van der Waals surface area contributed by atoms with Crippen molar-refractivity contribution in [3.05, 3.63) is 0 Å². The topological polar surface area (TPSA) is 3.24 Å². The summed E-state index contributed by atoms with van der Waals surface area (Å²) in [5, 5.41) is 0. The summed E-state index contributed by atoms with van der Waals surface area (Å²) in [5.41, 5.74) is 0. The molecule has 1 aliphatic carbocycles. The second-order valence-electron chi connectivity index (χ2n) is 4.94. The Morgan fingerprint density at radius 3 is 2.33 bits per heavy atom. The van der Waals surface area contributed by atoms with E-state index in [-0.39, 0.29) is 0 Å². The molecule has 2 heterocycles. The van der Waals surface area contributed by atoms with Gasteiger partial charge >= 0.3 is 0 Å². The van der Waals surface area contributed by atoms with Gasteiger partial charge in [0.05, 0.1) is 0 Å². The van der Waals surface area contributed by atoms with Crippen molar-refractivity contribution in [2.24, 2.45) is 17.8 Å². The first kappa shape index (κ1) is 8.55. The standard InChI is InChI=1S/C11H21N/c1-3-9(2)6-12-7-10-4-11(5-10)8-12/h9-11H,3-8H2,1-2H3. The molecule has 1 heteroatoms. The van der Waals surface area contributed by atoms with E-state index in [9.17, 15) is 0 Å². The Bertz CT molecular complexity index is 139. The molecule has 12 heavy (non-hydrogen) atoms. The van der Waals surface area contributed by atoms with Crippen molar-refractivity contribution in [1.29, 1.82) is 0 Å². The molecule has 2 bridgehead atoms. The highest BCUT2D eigenvalue weighted by Crippen LogP contribution is 2.39. The van der Waals surface area contributed by atoms with Gasteiger partial charge < -0.3 is 4.90 Å². The number of nitrogens with zero attached hydrogens (tertiary/aromatic N) is 1. The van der Waals surface area contributed by atoms with Gasteiger partial charge in [0.2, 0.25) is 0 Å². The van der Waals surface area contributed by atoms with Crippen molar-refractivity contribution in [2.75, 3.05) is 19.6 Å². The number of piperidine rings is 2. The summed E-state index contributed by atoms with van der Waals surface area (Å²) in [6.45, 7) is 8.83. The summed E-state index contributed by atoms with van der Waals surface area (Å²) in [5.74, 6) is 3.06. The molecule has 1 atom stereocenters. The summed E-state index contributed by atoms with van der Waals surface area (Å²) in [4.78, 5) is 2.69. The average molecular weight is 167 g/mol. The summed E-state index contributed by atoms with van der Waals surface area (Å²) < 4.78 is 0. The van der Waals surface area contributed by atoms with E-state index >= 15 is 0 Å². The molecule has 0 aromatic carbocycles. The van der Waals surface area contributed by atoms with Crippen LogP contribution in [-0.4, -0.2) is 24.5 Å². The fourth-order valence-corrected chi connectivity index (χ4v) is 2.70. The molecule has 2 aliphatic heterocycles. The third kappa shape index (κ3) is 1.66. The number of rotatable bonds is 3. The lowest BCUT2D eigenvalue weighted by Gasteiger charge is -2.47. The van der Waals surface area contributed by atoms with Gasteiger partial charge in [-0.3, -0.25) is 0 Å². The van der Waals surface area contributed by atoms with E-state index in [0.29, 0.717) is 0 Å². The van der Waals surface area contributed by atoms with Crippen molar-refractivity contribution in [3.63, 3.8) is 0 Å². The smallest absolute Gasteiger partial charge is 0.00101 e. The van der Waals surface area contributed by atoms with Gasteiger partial charge in [-0.05, 0) is 30.6 Å². The van der Waals surface area contributed by atoms with Gasteiger partial charge in [0.25, 0.3) is 0 Å². The molecule has 0 aromatic rings. The summed E-state index contributed by atoms with van der Waals surface area (Å²) in [6.07, 6.45) is 4.42. The van der Waals surface area contributed by atoms with Crippen molar-refractivity contribution in [3.8, 4) is 0 Å². The number of fused-ring (bicyclic) bond motifs is 2. The number of hydrogen-bond acceptors (Lipinski definition) is 1. The van der Waals surface area contributed by atoms with Gasteiger partial charge in [-0.1, -0.05) is 20.3 Å². The molecule has 0 aromatic heterocycles. The molecule has 0 N–H and O–H groups in total. The van der Waals surface area contributed by atoms with Crippen molar-refractivity contribution >= 4 is 0 Å². The molecule has 1 saturated carbocycles. The molecule has 1 unspecified atom stereocenters. The van der Waals surface area contributed by atoms with Crippen molar-refractivity contribution < 1.29 is 0 Å². The molecule has 3 rings (SSSR count). The molecule has 70 valence electrons. The third-order valence-electron chi connectivity index (χ3n) is 3.63. The quantitative estimate of drug-likeness (QED) is 0.624. The Morgan fingerprint density at radius 2 is 1.83 bits per heavy atom. The van der Waals surface area contributed by atoms with Gasteiger partial charge in [-0.15, -0.1) is 0 Å². The molecule has 0 spiro atoms. The normalized spacial score (nSPS) is 37.5. The third-order valence-corrected chi connectivity index (χ3v) is 3.63. The van der Waals surface area contributed by atoms with Gasteiger partial charge in [0, 0.05) is 19.6 Å². The molecule has 0 radical (unpaired) electrons. The van der Waals surface area contributed by atoms with E-state index in [2.05, 4.69) is 18.7 Å². The summed E-state index contributed by atoms with van der Waals surface area (Å²) >= 11 is 0. The van der Waals surface area contributed by atoms with Crippen molar-refractivity contribution in [1.82, 2.24) is 4.90 Å². The SMILES string of the molecule is CCC(C)CN1CC2CC(C2)C1. The predicted octanol–water partition coefficient (Wildman–Crippen LogP) is 2.37. The van der Waals surface area contributed by atoms with Gasteiger partial charge in [0.15, 0.2) is 0 Å². The van der Waals surface area contributed by atoms with E-state index in [1.807, 2.05) is 0 Å². The molecular weight excluding hydrogens is 146 g/mol. The largest absolute Gasteiger partial charge is 0.303 e. The van der Waals surface area contributed by atoms with E-state index < -0.39 is 0 Å². The predicted molar refractivity (Wildman–Crippen MR) is 52.1 cm³/mol. The monoisotopic (exact) mass is 167 g/mol. The first-order chi connectivity index (χ1) is 5.78. The van der Waals surface area contributed by atoms with Gasteiger partial charge in [0.1, 0.15) is 0 Å². The van der Waals surface area contributed by atoms with Crippen LogP contribution in [0.4, 0.5) is 0 Å². The molecule has 0 amide bonds. The lowest BCUT2D eigenvalue weighted by molar-refractivity contribution is 0.0197. The minimum Gasteiger partial charge on any atom is -0.303 e. The zero-order valence-electron chi connectivity index (χ0n) is 8.42. The second kappa shape index (κ2) is 3.37. The Kier molecular flexibility index (Phi) is 2.40. The van der Waals surface area contributed by atoms with Crippen LogP contribution in [0.3, 0.4) is 0 Å². The summed E-state index contributed by atoms with van der Waals surface area (Å²) in [6, 6.07) is 0. The minimum atomic E-state index is 0.905. The maximum Gasteiger partial charge on any atom is 0.00101 e. The second-order valence-corrected chi connectivity index (χ2v) is 4.94. The Morgan fingerprint density at radius 1 is 1.25 bits per heavy atom. The lowest BCUT2D eigenvalue weighted by Crippen LogP contribution is -2.49. The van der Waals surface area contributed by atoms with E-state index in [4.69, 9.17) is 0 Å². The first-order valence-electron chi connectivity index (χ1n) is 5.50. The minimum absolute atomic E-state index is 0.905. The Labute approximate surface area is 76.1 Å². The van der Waals surface area contributed by atoms with Crippen LogP contribution in [-0.2, 0) is 0 Å². The average Bonchev–Trinajstić information content (AvgIpc) is 2.03. The van der Waals surface area contributed by atoms with Crippen LogP contribution in [0.5, 0.6) is 0 Å². The van der Waals surface area contributed by atoms with Crippen LogP contribution in [0.1, 0.15) is 33.1 Å². The molecule has 2 saturated heterocycles. The van der Waals surface area contributed by atoms with E-state index in [0.717, 1.165) is 17.8 Å². The van der Waals surface area contributed by atoms with Crippen molar-refractivity contribution in [2.45, 2.75) is 33.1 Å². The fourth-order valence-electron chi connectivity index (χ4n) is 2.70. The number of hydrogen-bond donors (Lipinski definition) is 0. The maximum atomic E-state index is 2.69. The highest BCUT2D eigenvalue weighted by atomic mass is 15.1. The van der Waals surface area contributed by atoms with Crippen LogP contribution >= 0.6 is 0 Å². The van der Waals surface area contributed by atoms with Crippen LogP contribution < -0.4 is 0 Å². The van der Waals surface area contributed by atoms with Crippen LogP contribution in [0.25, 0.3) is 0 Å². The zero-order valence-corrected chi connectivity index (χ0v) is 8.42. The van der Waals surface area contributed by atoms with Crippen LogP contribution in [0, 0.1) is 17.8 Å². The molecular formula is C11H21N. The summed E-state index contributed by atoms with van der Waals surface area (Å²) in [7, 11) is 0. The first-order valence-corrected chi connectivity index (χ1v) is 5.50. The maximum absolute atomic E-state index is 2.69. The molecule has 3 fully saturated rings. The lowest BCUT2D eigenvalue weighted by atomic mass is 9.71.